The molecule has 3 heteroatoms. The van der Waals surface area contributed by atoms with E-state index >= 15 is 0 Å². The summed E-state index contributed by atoms with van der Waals surface area (Å²) in [7, 11) is 0. The van der Waals surface area contributed by atoms with Crippen LogP contribution in [-0.2, 0) is 35.5 Å². The molecule has 0 bridgehead atoms. The molecular formula is C41H48Cl2Zr. The second-order valence-electron chi connectivity index (χ2n) is 15.1. The van der Waals surface area contributed by atoms with Crippen LogP contribution in [0.1, 0.15) is 81.3 Å². The van der Waals surface area contributed by atoms with E-state index in [1.165, 1.54) is 57.6 Å². The average Bonchev–Trinajstić information content (AvgIpc) is 3.60. The molecule has 2 aliphatic rings. The Kier molecular flexibility index (Phi) is 9.27. The zero-order chi connectivity index (χ0) is 30.1. The van der Waals surface area contributed by atoms with E-state index in [0.29, 0.717) is 0 Å². The first-order valence-electron chi connectivity index (χ1n) is 15.6. The molecule has 0 amide bonds. The number of halogens is 2. The van der Waals surface area contributed by atoms with Gasteiger partial charge in [0, 0.05) is 0 Å². The van der Waals surface area contributed by atoms with Gasteiger partial charge in [-0.2, -0.15) is 0 Å². The number of rotatable bonds is 4. The molecule has 0 spiro atoms. The number of fused-ring (bicyclic) bond motifs is 3. The topological polar surface area (TPSA) is 0 Å². The molecule has 0 nitrogen and oxygen atoms in total. The molecule has 0 saturated heterocycles. The van der Waals surface area contributed by atoms with Crippen molar-refractivity contribution in [3.8, 4) is 11.1 Å². The molecule has 0 radical (unpaired) electrons. The second kappa shape index (κ2) is 11.8. The molecule has 0 saturated carbocycles. The van der Waals surface area contributed by atoms with Gasteiger partial charge in [-0.25, -0.2) is 0 Å². The Morgan fingerprint density at radius 2 is 1.23 bits per heavy atom. The molecule has 0 atom stereocenters. The molecule has 44 heavy (non-hydrogen) atoms. The van der Waals surface area contributed by atoms with Crippen molar-refractivity contribution in [2.45, 2.75) is 79.1 Å². The van der Waals surface area contributed by atoms with Crippen LogP contribution in [-0.4, -0.2) is 4.21 Å². The van der Waals surface area contributed by atoms with Gasteiger partial charge >= 0.3 is 256 Å². The number of hydrogen-bond donors (Lipinski definition) is 0. The number of aryl methyl sites for hydroxylation is 2. The van der Waals surface area contributed by atoms with E-state index in [2.05, 4.69) is 152 Å². The molecule has 0 aromatic heterocycles. The van der Waals surface area contributed by atoms with Crippen molar-refractivity contribution in [2.75, 3.05) is 0 Å². The van der Waals surface area contributed by atoms with Gasteiger partial charge in [-0.3, -0.25) is 0 Å². The van der Waals surface area contributed by atoms with Crippen molar-refractivity contribution in [2.24, 2.45) is 0 Å². The number of hydrogen-bond acceptors (Lipinski definition) is 0. The van der Waals surface area contributed by atoms with Gasteiger partial charge in [-0.15, -0.1) is 24.8 Å². The standard InChI is InChI=1S/C21H25.2C7H7.C5H5.CH2.2ClH.Zr/c1-20(2,3)16-9-7-14-11-15-8-10-17(21(4,5)6)13-19(15)18(14)12-16;2*1-7-5-3-2-4-6-7;1-2-4-5-3-1;;;;/h7,9-10,12-13H,11H2,1-6H3;2*2-3,5-6H,1H3;1-3H,4H2;1H2;2*1H;. The Hall–Kier alpha value is -2.31. The van der Waals surface area contributed by atoms with Gasteiger partial charge in [0.05, 0.1) is 0 Å². The fraction of sp³-hybridized carbons (Fsp3) is 0.293. The summed E-state index contributed by atoms with van der Waals surface area (Å²) in [6, 6.07) is 31.1. The van der Waals surface area contributed by atoms with Gasteiger partial charge in [-0.1, -0.05) is 0 Å². The Morgan fingerprint density at radius 1 is 0.659 bits per heavy atom. The summed E-state index contributed by atoms with van der Waals surface area (Å²) in [5, 5.41) is 0. The van der Waals surface area contributed by atoms with Crippen LogP contribution in [0.5, 0.6) is 0 Å². The van der Waals surface area contributed by atoms with E-state index in [-0.39, 0.29) is 35.6 Å². The quantitative estimate of drug-likeness (QED) is 0.175. The molecule has 6 rings (SSSR count). The van der Waals surface area contributed by atoms with Crippen molar-refractivity contribution in [3.63, 3.8) is 0 Å². The number of allylic oxidation sites excluding steroid dienone is 4. The molecule has 230 valence electrons. The molecular weight excluding hydrogens is 655 g/mol. The first-order chi connectivity index (χ1) is 19.7. The van der Waals surface area contributed by atoms with Gasteiger partial charge in [0.15, 0.2) is 0 Å². The van der Waals surface area contributed by atoms with Gasteiger partial charge in [0.1, 0.15) is 0 Å². The van der Waals surface area contributed by atoms with Crippen LogP contribution in [0.25, 0.3) is 11.1 Å². The average molecular weight is 703 g/mol. The van der Waals surface area contributed by atoms with Crippen molar-refractivity contribution in [1.29, 1.82) is 0 Å². The zero-order valence-corrected chi connectivity index (χ0v) is 31.8. The molecule has 0 aliphatic heterocycles. The Balaban J connectivity index is 0.00000221. The Morgan fingerprint density at radius 3 is 1.73 bits per heavy atom. The van der Waals surface area contributed by atoms with Crippen LogP contribution in [0.4, 0.5) is 0 Å². The summed E-state index contributed by atoms with van der Waals surface area (Å²) in [6.45, 7) is 18.5. The molecule has 4 aromatic carbocycles. The van der Waals surface area contributed by atoms with Gasteiger partial charge in [0.25, 0.3) is 0 Å². The third-order valence-electron chi connectivity index (χ3n) is 10.1. The summed E-state index contributed by atoms with van der Waals surface area (Å²) in [4.78, 5) is 0. The first-order valence-corrected chi connectivity index (χ1v) is 22.2. The van der Waals surface area contributed by atoms with E-state index in [1.807, 2.05) is 0 Å². The third-order valence-corrected chi connectivity index (χ3v) is 26.3. The molecule has 2 aliphatic carbocycles. The summed E-state index contributed by atoms with van der Waals surface area (Å²) < 4.78 is 11.6. The fourth-order valence-corrected chi connectivity index (χ4v) is 23.4. The molecule has 0 fully saturated rings. The maximum atomic E-state index is 5.70. The molecule has 0 unspecified atom stereocenters. The summed E-state index contributed by atoms with van der Waals surface area (Å²) >= 11 is -4.75. The maximum absolute atomic E-state index is 5.70. The summed E-state index contributed by atoms with van der Waals surface area (Å²) in [6.07, 6.45) is 8.98. The van der Waals surface area contributed by atoms with Gasteiger partial charge in [0.2, 0.25) is 0 Å². The van der Waals surface area contributed by atoms with Gasteiger partial charge < -0.3 is 0 Å². The second-order valence-corrected chi connectivity index (χ2v) is 28.0. The van der Waals surface area contributed by atoms with E-state index in [9.17, 15) is 0 Å². The van der Waals surface area contributed by atoms with Crippen LogP contribution in [0.15, 0.2) is 100 Å². The van der Waals surface area contributed by atoms with E-state index in [4.69, 9.17) is 4.21 Å². The van der Waals surface area contributed by atoms with E-state index in [1.54, 1.807) is 0 Å². The Bertz CT molecular complexity index is 1820. The normalized spacial score (nSPS) is 14.3. The molecule has 4 aromatic rings. The predicted molar refractivity (Wildman–Crippen MR) is 197 cm³/mol. The van der Waals surface area contributed by atoms with Crippen LogP contribution in [0.3, 0.4) is 0 Å². The minimum absolute atomic E-state index is 0. The van der Waals surface area contributed by atoms with Crippen molar-refractivity contribution in [1.82, 2.24) is 0 Å². The minimum atomic E-state index is -4.75. The SMILES string of the molecule is Cl.Cl.[CH2]=[Zr]([C]1=CC=CC1)([c]1cccc(C)c1)([c]1cccc(C)c1)[c]1cc(C(C)(C)C)cc2c1Cc1ccc(C(C)(C)C)cc1-2. The third kappa shape index (κ3) is 5.32. The fourth-order valence-electron chi connectivity index (χ4n) is 7.52. The molecule has 0 N–H and O–H groups in total. The summed E-state index contributed by atoms with van der Waals surface area (Å²) in [5.74, 6) is 0. The van der Waals surface area contributed by atoms with Crippen molar-refractivity contribution < 1.29 is 18.3 Å². The van der Waals surface area contributed by atoms with Gasteiger partial charge in [-0.05, 0) is 0 Å². The Labute approximate surface area is 279 Å². The van der Waals surface area contributed by atoms with Crippen LogP contribution in [0.2, 0.25) is 0 Å². The van der Waals surface area contributed by atoms with Crippen molar-refractivity contribution >= 4 is 38.8 Å². The van der Waals surface area contributed by atoms with Crippen LogP contribution >= 0.6 is 24.8 Å². The van der Waals surface area contributed by atoms with E-state index in [0.717, 1.165) is 12.8 Å². The van der Waals surface area contributed by atoms with Crippen molar-refractivity contribution in [3.05, 3.63) is 134 Å². The summed E-state index contributed by atoms with van der Waals surface area (Å²) in [5.41, 5.74) is 11.3. The van der Waals surface area contributed by atoms with Crippen LogP contribution < -0.4 is 9.81 Å². The first kappa shape index (κ1) is 34.6. The molecule has 0 heterocycles. The monoisotopic (exact) mass is 700 g/mol. The number of benzene rings is 4. The van der Waals surface area contributed by atoms with E-state index < -0.39 is 18.3 Å². The predicted octanol–water partition coefficient (Wildman–Crippen LogP) is 9.55. The van der Waals surface area contributed by atoms with Crippen LogP contribution in [0, 0.1) is 13.8 Å². The zero-order valence-electron chi connectivity index (χ0n) is 27.7.